The van der Waals surface area contributed by atoms with Gasteiger partial charge in [0.15, 0.2) is 0 Å². The van der Waals surface area contributed by atoms with E-state index in [0.717, 1.165) is 30.7 Å². The normalized spacial score (nSPS) is 17.5. The van der Waals surface area contributed by atoms with E-state index in [1.165, 1.54) is 12.1 Å². The molecule has 8 heteroatoms. The summed E-state index contributed by atoms with van der Waals surface area (Å²) in [5, 5.41) is 0. The van der Waals surface area contributed by atoms with Crippen LogP contribution in [0.2, 0.25) is 0 Å². The first-order valence-electron chi connectivity index (χ1n) is 9.13. The highest BCUT2D eigenvalue weighted by molar-refractivity contribution is 5.79. The van der Waals surface area contributed by atoms with Gasteiger partial charge in [0.1, 0.15) is 11.9 Å². The number of ether oxygens (including phenoxy) is 1. The Hall–Kier alpha value is -2.64. The number of hydrogen-bond acceptors (Lipinski definition) is 4. The number of carbonyl (C=O) groups excluding carboxylic acids is 1. The van der Waals surface area contributed by atoms with Gasteiger partial charge in [-0.2, -0.15) is 18.2 Å². The maximum atomic E-state index is 12.6. The fourth-order valence-corrected chi connectivity index (χ4v) is 3.27. The maximum absolute atomic E-state index is 12.6. The number of aromatic nitrogens is 2. The Morgan fingerprint density at radius 2 is 1.93 bits per heavy atom. The van der Waals surface area contributed by atoms with Crippen LogP contribution in [0.3, 0.4) is 0 Å². The summed E-state index contributed by atoms with van der Waals surface area (Å²) in [7, 11) is 0. The third-order valence-corrected chi connectivity index (χ3v) is 4.60. The Bertz CT molecular complexity index is 817. The highest BCUT2D eigenvalue weighted by Crippen LogP contribution is 2.29. The van der Waals surface area contributed by atoms with Crippen LogP contribution >= 0.6 is 0 Å². The number of alkyl halides is 3. The van der Waals surface area contributed by atoms with Gasteiger partial charge in [-0.25, -0.2) is 4.98 Å². The summed E-state index contributed by atoms with van der Waals surface area (Å²) in [6.07, 6.45) is -2.87. The van der Waals surface area contributed by atoms with Crippen LogP contribution in [0, 0.1) is 13.8 Å². The Balaban J connectivity index is 1.59. The molecule has 2 aromatic rings. The van der Waals surface area contributed by atoms with Gasteiger partial charge < -0.3 is 9.64 Å². The zero-order valence-electron chi connectivity index (χ0n) is 15.8. The van der Waals surface area contributed by atoms with Crippen LogP contribution in [0.4, 0.5) is 13.2 Å². The van der Waals surface area contributed by atoms with Crippen LogP contribution in [0.5, 0.6) is 5.88 Å². The van der Waals surface area contributed by atoms with Gasteiger partial charge in [0, 0.05) is 18.3 Å². The number of nitrogens with zero attached hydrogens (tertiary/aromatic N) is 3. The molecule has 1 amide bonds. The molecule has 1 fully saturated rings. The maximum Gasteiger partial charge on any atom is 0.416 e. The number of piperidine rings is 1. The average Bonchev–Trinajstić information content (AvgIpc) is 2.61. The smallest absolute Gasteiger partial charge is 0.416 e. The summed E-state index contributed by atoms with van der Waals surface area (Å²) < 4.78 is 43.9. The number of carbonyl (C=O) groups is 1. The molecule has 1 aliphatic rings. The first-order valence-corrected chi connectivity index (χ1v) is 9.13. The molecule has 1 aromatic heterocycles. The largest absolute Gasteiger partial charge is 0.472 e. The predicted octanol–water partition coefficient (Wildman–Crippen LogP) is 3.72. The Labute approximate surface area is 161 Å². The minimum Gasteiger partial charge on any atom is -0.472 e. The van der Waals surface area contributed by atoms with E-state index < -0.39 is 11.7 Å². The highest BCUT2D eigenvalue weighted by atomic mass is 19.4. The lowest BCUT2D eigenvalue weighted by Crippen LogP contribution is -2.45. The highest BCUT2D eigenvalue weighted by Gasteiger charge is 2.30. The zero-order chi connectivity index (χ0) is 20.3. The van der Waals surface area contributed by atoms with Crippen molar-refractivity contribution < 1.29 is 22.7 Å². The average molecular weight is 393 g/mol. The molecule has 0 aliphatic carbocycles. The van der Waals surface area contributed by atoms with Gasteiger partial charge in [-0.05, 0) is 44.4 Å². The molecule has 0 radical (unpaired) electrons. The van der Waals surface area contributed by atoms with Gasteiger partial charge in [-0.15, -0.1) is 0 Å². The first kappa shape index (κ1) is 20.1. The van der Waals surface area contributed by atoms with E-state index in [0.29, 0.717) is 30.4 Å². The minimum atomic E-state index is -4.38. The van der Waals surface area contributed by atoms with E-state index in [2.05, 4.69) is 9.97 Å². The van der Waals surface area contributed by atoms with E-state index in [-0.39, 0.29) is 18.4 Å². The SMILES string of the molecule is Cc1cc(OC2CCCN(C(=O)Cc3ccc(C(F)(F)F)cc3)C2)nc(C)n1. The van der Waals surface area contributed by atoms with Crippen molar-refractivity contribution in [2.45, 2.75) is 45.4 Å². The predicted molar refractivity (Wildman–Crippen MR) is 96.9 cm³/mol. The molecule has 0 spiro atoms. The second kappa shape index (κ2) is 8.16. The second-order valence-electron chi connectivity index (χ2n) is 6.99. The molecular formula is C20H22F3N3O2. The lowest BCUT2D eigenvalue weighted by atomic mass is 10.0. The third kappa shape index (κ3) is 5.21. The van der Waals surface area contributed by atoms with Crippen molar-refractivity contribution in [1.82, 2.24) is 14.9 Å². The molecule has 5 nitrogen and oxygen atoms in total. The fourth-order valence-electron chi connectivity index (χ4n) is 3.27. The zero-order valence-corrected chi connectivity index (χ0v) is 15.8. The summed E-state index contributed by atoms with van der Waals surface area (Å²) in [5.41, 5.74) is 0.655. The van der Waals surface area contributed by atoms with Gasteiger partial charge >= 0.3 is 6.18 Å². The van der Waals surface area contributed by atoms with E-state index in [1.807, 2.05) is 6.92 Å². The lowest BCUT2D eigenvalue weighted by Gasteiger charge is -2.32. The van der Waals surface area contributed by atoms with Crippen molar-refractivity contribution in [3.63, 3.8) is 0 Å². The molecule has 1 aliphatic heterocycles. The molecule has 0 saturated carbocycles. The van der Waals surface area contributed by atoms with Crippen molar-refractivity contribution >= 4 is 5.91 Å². The molecule has 3 rings (SSSR count). The number of benzene rings is 1. The van der Waals surface area contributed by atoms with Gasteiger partial charge in [-0.1, -0.05) is 12.1 Å². The number of likely N-dealkylation sites (tertiary alicyclic amines) is 1. The van der Waals surface area contributed by atoms with Crippen LogP contribution in [0.1, 0.15) is 35.5 Å². The Morgan fingerprint density at radius 3 is 2.57 bits per heavy atom. The van der Waals surface area contributed by atoms with Gasteiger partial charge in [0.05, 0.1) is 18.5 Å². The Kier molecular flexibility index (Phi) is 5.86. The first-order chi connectivity index (χ1) is 13.2. The quantitative estimate of drug-likeness (QED) is 0.794. The number of amides is 1. The molecule has 0 bridgehead atoms. The summed E-state index contributed by atoms with van der Waals surface area (Å²) in [6.45, 7) is 4.70. The third-order valence-electron chi connectivity index (χ3n) is 4.60. The molecule has 1 saturated heterocycles. The van der Waals surface area contributed by atoms with Crippen LogP contribution in [0.15, 0.2) is 30.3 Å². The summed E-state index contributed by atoms with van der Waals surface area (Å²) in [4.78, 5) is 22.8. The number of hydrogen-bond donors (Lipinski definition) is 0. The second-order valence-corrected chi connectivity index (χ2v) is 6.99. The van der Waals surface area contributed by atoms with Crippen LogP contribution in [-0.4, -0.2) is 40.0 Å². The molecule has 28 heavy (non-hydrogen) atoms. The molecule has 1 atom stereocenters. The van der Waals surface area contributed by atoms with Crippen molar-refractivity contribution in [3.8, 4) is 5.88 Å². The fraction of sp³-hybridized carbons (Fsp3) is 0.450. The molecule has 1 aromatic carbocycles. The number of aryl methyl sites for hydroxylation is 2. The summed E-state index contributed by atoms with van der Waals surface area (Å²) >= 11 is 0. The standard InChI is InChI=1S/C20H22F3N3O2/c1-13-10-18(25-14(2)24-13)28-17-4-3-9-26(12-17)19(27)11-15-5-7-16(8-6-15)20(21,22)23/h5-8,10,17H,3-4,9,11-12H2,1-2H3. The van der Waals surface area contributed by atoms with E-state index in [9.17, 15) is 18.0 Å². The van der Waals surface area contributed by atoms with Crippen LogP contribution in [-0.2, 0) is 17.4 Å². The summed E-state index contributed by atoms with van der Waals surface area (Å²) in [6, 6.07) is 6.47. The van der Waals surface area contributed by atoms with Crippen molar-refractivity contribution in [2.24, 2.45) is 0 Å². The molecule has 0 N–H and O–H groups in total. The van der Waals surface area contributed by atoms with Crippen molar-refractivity contribution in [1.29, 1.82) is 0 Å². The van der Waals surface area contributed by atoms with E-state index in [4.69, 9.17) is 4.74 Å². The van der Waals surface area contributed by atoms with E-state index in [1.54, 1.807) is 17.9 Å². The molecule has 150 valence electrons. The number of rotatable bonds is 4. The molecule has 2 heterocycles. The van der Waals surface area contributed by atoms with Crippen molar-refractivity contribution in [3.05, 3.63) is 53.0 Å². The van der Waals surface area contributed by atoms with E-state index >= 15 is 0 Å². The van der Waals surface area contributed by atoms with Crippen molar-refractivity contribution in [2.75, 3.05) is 13.1 Å². The lowest BCUT2D eigenvalue weighted by molar-refractivity contribution is -0.137. The monoisotopic (exact) mass is 393 g/mol. The molecular weight excluding hydrogens is 371 g/mol. The van der Waals surface area contributed by atoms with Gasteiger partial charge in [0.25, 0.3) is 0 Å². The van der Waals surface area contributed by atoms with Gasteiger partial charge in [0.2, 0.25) is 11.8 Å². The van der Waals surface area contributed by atoms with Crippen LogP contribution < -0.4 is 4.74 Å². The summed E-state index contributed by atoms with van der Waals surface area (Å²) in [5.74, 6) is 0.996. The van der Waals surface area contributed by atoms with Crippen LogP contribution in [0.25, 0.3) is 0 Å². The molecule has 1 unspecified atom stereocenters. The van der Waals surface area contributed by atoms with Gasteiger partial charge in [-0.3, -0.25) is 4.79 Å². The number of halogens is 3. The Morgan fingerprint density at radius 1 is 1.21 bits per heavy atom. The topological polar surface area (TPSA) is 55.3 Å². The minimum absolute atomic E-state index is 0.0661.